The maximum Gasteiger partial charge on any atom is 0.262 e. The fourth-order valence-electron chi connectivity index (χ4n) is 2.25. The number of carbonyl (C=O) groups is 2. The number of hydrogen-bond acceptors (Lipinski definition) is 4. The Hall–Kier alpha value is -1.53. The van der Waals surface area contributed by atoms with E-state index in [1.807, 2.05) is 25.7 Å². The molecular weight excluding hydrogens is 334 g/mol. The van der Waals surface area contributed by atoms with E-state index in [4.69, 9.17) is 11.6 Å². The monoisotopic (exact) mass is 353 g/mol. The van der Waals surface area contributed by atoms with Crippen molar-refractivity contribution in [2.75, 3.05) is 18.4 Å². The van der Waals surface area contributed by atoms with Crippen LogP contribution in [-0.2, 0) is 9.59 Å². The van der Waals surface area contributed by atoms with Gasteiger partial charge in [0.15, 0.2) is 5.17 Å². The largest absolute Gasteiger partial charge is 0.352 e. The lowest BCUT2D eigenvalue weighted by atomic mass is 10.2. The zero-order valence-corrected chi connectivity index (χ0v) is 15.0. The quantitative estimate of drug-likeness (QED) is 0.882. The number of halogens is 1. The van der Waals surface area contributed by atoms with Gasteiger partial charge in [-0.05, 0) is 38.5 Å². The first-order chi connectivity index (χ1) is 11.0. The van der Waals surface area contributed by atoms with Gasteiger partial charge in [0, 0.05) is 30.2 Å². The van der Waals surface area contributed by atoms with Crippen LogP contribution in [-0.4, -0.2) is 40.2 Å². The molecule has 1 aromatic rings. The van der Waals surface area contributed by atoms with Gasteiger partial charge in [-0.15, -0.1) is 0 Å². The Morgan fingerprint density at radius 1 is 1.39 bits per heavy atom. The molecule has 2 amide bonds. The first kappa shape index (κ1) is 17.8. The topological polar surface area (TPSA) is 61.8 Å². The molecule has 5 nitrogen and oxygen atoms in total. The molecule has 0 aliphatic carbocycles. The van der Waals surface area contributed by atoms with Gasteiger partial charge in [-0.25, -0.2) is 0 Å². The van der Waals surface area contributed by atoms with Gasteiger partial charge in [0.25, 0.3) is 5.91 Å². The molecule has 7 heteroatoms. The van der Waals surface area contributed by atoms with Gasteiger partial charge in [-0.3, -0.25) is 9.59 Å². The molecule has 0 unspecified atom stereocenters. The maximum atomic E-state index is 12.2. The number of anilines is 1. The van der Waals surface area contributed by atoms with E-state index in [0.29, 0.717) is 15.9 Å². The fraction of sp³-hybridized carbons (Fsp3) is 0.438. The lowest BCUT2D eigenvalue weighted by molar-refractivity contribution is -0.121. The smallest absolute Gasteiger partial charge is 0.262 e. The van der Waals surface area contributed by atoms with E-state index in [1.54, 1.807) is 18.2 Å². The third-order valence-electron chi connectivity index (χ3n) is 3.68. The normalized spacial score (nSPS) is 17.1. The standard InChI is InChI=1S/C16H20ClN3O2S/c1-4-20(5-2)16-19-15(22)13(23-16)9-14(21)18-12-8-6-7-11(17)10(12)3/h6-8,13H,4-5,9H2,1-3H3,(H,18,21)/t13-/m1/s1. The summed E-state index contributed by atoms with van der Waals surface area (Å²) in [5.74, 6) is -0.452. The van der Waals surface area contributed by atoms with Crippen molar-refractivity contribution in [1.29, 1.82) is 0 Å². The third kappa shape index (κ3) is 4.26. The molecule has 1 aliphatic rings. The Morgan fingerprint density at radius 2 is 2.09 bits per heavy atom. The van der Waals surface area contributed by atoms with Gasteiger partial charge in [-0.2, -0.15) is 4.99 Å². The third-order valence-corrected chi connectivity index (χ3v) is 5.30. The molecule has 0 fully saturated rings. The Morgan fingerprint density at radius 3 is 2.74 bits per heavy atom. The molecule has 1 aromatic carbocycles. The van der Waals surface area contributed by atoms with E-state index in [-0.39, 0.29) is 18.2 Å². The molecular formula is C16H20ClN3O2S. The average Bonchev–Trinajstić information content (AvgIpc) is 2.86. The van der Waals surface area contributed by atoms with Crippen molar-refractivity contribution >= 4 is 46.0 Å². The summed E-state index contributed by atoms with van der Waals surface area (Å²) in [6.07, 6.45) is 0.101. The number of carbonyl (C=O) groups excluding carboxylic acids is 2. The minimum absolute atomic E-state index is 0.101. The predicted molar refractivity (Wildman–Crippen MR) is 96.2 cm³/mol. The number of amides is 2. The van der Waals surface area contributed by atoms with E-state index in [2.05, 4.69) is 10.3 Å². The molecule has 1 N–H and O–H groups in total. The summed E-state index contributed by atoms with van der Waals surface area (Å²) in [6, 6.07) is 5.34. The Bertz CT molecular complexity index is 644. The lowest BCUT2D eigenvalue weighted by Crippen LogP contribution is -2.28. The summed E-state index contributed by atoms with van der Waals surface area (Å²) in [5, 5.41) is 3.67. The van der Waals surface area contributed by atoms with E-state index < -0.39 is 5.25 Å². The number of rotatable bonds is 5. The van der Waals surface area contributed by atoms with Crippen LogP contribution in [0.3, 0.4) is 0 Å². The highest BCUT2D eigenvalue weighted by Gasteiger charge is 2.32. The van der Waals surface area contributed by atoms with Crippen LogP contribution in [0.15, 0.2) is 23.2 Å². The van der Waals surface area contributed by atoms with E-state index in [0.717, 1.165) is 18.7 Å². The van der Waals surface area contributed by atoms with Crippen LogP contribution in [0.5, 0.6) is 0 Å². The van der Waals surface area contributed by atoms with E-state index in [9.17, 15) is 9.59 Å². The van der Waals surface area contributed by atoms with E-state index >= 15 is 0 Å². The summed E-state index contributed by atoms with van der Waals surface area (Å²) in [6.45, 7) is 7.44. The molecule has 0 spiro atoms. The van der Waals surface area contributed by atoms with Crippen LogP contribution in [0, 0.1) is 6.92 Å². The van der Waals surface area contributed by atoms with Crippen LogP contribution in [0.4, 0.5) is 5.69 Å². The van der Waals surface area contributed by atoms with Crippen molar-refractivity contribution in [2.24, 2.45) is 4.99 Å². The Labute approximate surface area is 145 Å². The van der Waals surface area contributed by atoms with Crippen molar-refractivity contribution in [3.8, 4) is 0 Å². The second-order valence-electron chi connectivity index (χ2n) is 5.18. The number of amidine groups is 1. The number of nitrogens with one attached hydrogen (secondary N) is 1. The van der Waals surface area contributed by atoms with Crippen LogP contribution < -0.4 is 5.32 Å². The molecule has 0 aromatic heterocycles. The maximum absolute atomic E-state index is 12.2. The molecule has 124 valence electrons. The Balaban J connectivity index is 1.97. The summed E-state index contributed by atoms with van der Waals surface area (Å²) >= 11 is 7.41. The number of nitrogens with zero attached hydrogens (tertiary/aromatic N) is 2. The molecule has 1 heterocycles. The molecule has 0 radical (unpaired) electrons. The minimum Gasteiger partial charge on any atom is -0.352 e. The van der Waals surface area contributed by atoms with Gasteiger partial charge in [-0.1, -0.05) is 29.4 Å². The lowest BCUT2D eigenvalue weighted by Gasteiger charge is -2.19. The van der Waals surface area contributed by atoms with Crippen molar-refractivity contribution < 1.29 is 9.59 Å². The van der Waals surface area contributed by atoms with Crippen LogP contribution in [0.1, 0.15) is 25.8 Å². The van der Waals surface area contributed by atoms with E-state index in [1.165, 1.54) is 11.8 Å². The van der Waals surface area contributed by atoms with Crippen molar-refractivity contribution in [3.63, 3.8) is 0 Å². The highest BCUT2D eigenvalue weighted by molar-refractivity contribution is 8.15. The summed E-state index contributed by atoms with van der Waals surface area (Å²) < 4.78 is 0. The summed E-state index contributed by atoms with van der Waals surface area (Å²) in [5.41, 5.74) is 1.48. The van der Waals surface area contributed by atoms with Crippen molar-refractivity contribution in [2.45, 2.75) is 32.4 Å². The van der Waals surface area contributed by atoms with Crippen LogP contribution in [0.25, 0.3) is 0 Å². The first-order valence-electron chi connectivity index (χ1n) is 7.55. The zero-order valence-electron chi connectivity index (χ0n) is 13.4. The Kier molecular flexibility index (Phi) is 6.07. The van der Waals surface area contributed by atoms with Gasteiger partial charge >= 0.3 is 0 Å². The minimum atomic E-state index is -0.454. The molecule has 0 saturated carbocycles. The predicted octanol–water partition coefficient (Wildman–Crippen LogP) is 3.32. The van der Waals surface area contributed by atoms with Crippen LogP contribution >= 0.6 is 23.4 Å². The average molecular weight is 354 g/mol. The van der Waals surface area contributed by atoms with Gasteiger partial charge in [0.1, 0.15) is 5.25 Å². The molecule has 23 heavy (non-hydrogen) atoms. The molecule has 0 saturated heterocycles. The molecule has 2 rings (SSSR count). The second kappa shape index (κ2) is 7.84. The number of hydrogen-bond donors (Lipinski definition) is 1. The highest BCUT2D eigenvalue weighted by atomic mass is 35.5. The number of aliphatic imine (C=N–C) groups is 1. The molecule has 1 atom stereocenters. The second-order valence-corrected chi connectivity index (χ2v) is 6.75. The number of thioether (sulfide) groups is 1. The highest BCUT2D eigenvalue weighted by Crippen LogP contribution is 2.28. The molecule has 0 bridgehead atoms. The van der Waals surface area contributed by atoms with Crippen molar-refractivity contribution in [3.05, 3.63) is 28.8 Å². The van der Waals surface area contributed by atoms with Gasteiger partial charge in [0.05, 0.1) is 0 Å². The summed E-state index contributed by atoms with van der Waals surface area (Å²) in [4.78, 5) is 30.3. The van der Waals surface area contributed by atoms with Gasteiger partial charge in [0.2, 0.25) is 5.91 Å². The van der Waals surface area contributed by atoms with Gasteiger partial charge < -0.3 is 10.2 Å². The summed E-state index contributed by atoms with van der Waals surface area (Å²) in [7, 11) is 0. The SMILES string of the molecule is CCN(CC)C1=NC(=O)[C@@H](CC(=O)Nc2cccc(Cl)c2C)S1. The first-order valence-corrected chi connectivity index (χ1v) is 8.81. The van der Waals surface area contributed by atoms with Crippen molar-refractivity contribution in [1.82, 2.24) is 4.90 Å². The zero-order chi connectivity index (χ0) is 17.0. The number of benzene rings is 1. The van der Waals surface area contributed by atoms with Crippen LogP contribution in [0.2, 0.25) is 5.02 Å². The fourth-order valence-corrected chi connectivity index (χ4v) is 3.62. The molecule has 1 aliphatic heterocycles.